The molecule has 0 bridgehead atoms. The van der Waals surface area contributed by atoms with E-state index in [4.69, 9.17) is 10.2 Å². The van der Waals surface area contributed by atoms with Crippen LogP contribution in [0.2, 0.25) is 0 Å². The van der Waals surface area contributed by atoms with Crippen LogP contribution < -0.4 is 5.73 Å². The summed E-state index contributed by atoms with van der Waals surface area (Å²) < 4.78 is 28.1. The highest BCUT2D eigenvalue weighted by Crippen LogP contribution is 2.24. The fraction of sp³-hybridized carbons (Fsp3) is 0.364. The van der Waals surface area contributed by atoms with Gasteiger partial charge in [0.15, 0.2) is 15.4 Å². The minimum atomic E-state index is -3.28. The topological polar surface area (TPSA) is 106 Å². The summed E-state index contributed by atoms with van der Waals surface area (Å²) in [7, 11) is -3.28. The molecular formula is C11H14N2O4S. The lowest BCUT2D eigenvalue weighted by Crippen LogP contribution is -2.06. The first kappa shape index (κ1) is 13.0. The minimum absolute atomic E-state index is 0.154. The zero-order valence-corrected chi connectivity index (χ0v) is 10.6. The van der Waals surface area contributed by atoms with Gasteiger partial charge in [0.05, 0.1) is 4.90 Å². The monoisotopic (exact) mass is 270 g/mol. The van der Waals surface area contributed by atoms with Crippen molar-refractivity contribution in [3.05, 3.63) is 24.1 Å². The van der Waals surface area contributed by atoms with Gasteiger partial charge in [0.1, 0.15) is 11.6 Å². The van der Waals surface area contributed by atoms with Crippen LogP contribution in [0.5, 0.6) is 0 Å². The molecule has 0 amide bonds. The molecule has 1 aromatic carbocycles. The maximum atomic E-state index is 11.4. The first-order valence-corrected chi connectivity index (χ1v) is 7.29. The third-order valence-electron chi connectivity index (χ3n) is 2.53. The molecule has 0 saturated carbocycles. The van der Waals surface area contributed by atoms with Crippen LogP contribution in [0.15, 0.2) is 27.5 Å². The van der Waals surface area contributed by atoms with E-state index in [1.807, 2.05) is 0 Å². The molecule has 2 aromatic rings. The molecule has 98 valence electrons. The number of benzene rings is 1. The molecule has 3 N–H and O–H groups in total. The number of aromatic nitrogens is 1. The summed E-state index contributed by atoms with van der Waals surface area (Å²) in [6.07, 6.45) is 0.591. The van der Waals surface area contributed by atoms with Crippen molar-refractivity contribution in [1.82, 2.24) is 4.98 Å². The lowest BCUT2D eigenvalue weighted by molar-refractivity contribution is 0.139. The quantitative estimate of drug-likeness (QED) is 0.843. The van der Waals surface area contributed by atoms with Gasteiger partial charge in [0, 0.05) is 6.26 Å². The molecule has 2 rings (SSSR count). The molecule has 0 aliphatic rings. The Kier molecular flexibility index (Phi) is 3.38. The van der Waals surface area contributed by atoms with Crippen LogP contribution in [0.4, 0.5) is 0 Å². The van der Waals surface area contributed by atoms with Crippen molar-refractivity contribution in [1.29, 1.82) is 0 Å². The molecule has 7 heteroatoms. The third-order valence-corrected chi connectivity index (χ3v) is 3.64. The smallest absolute Gasteiger partial charge is 0.224 e. The number of aliphatic hydroxyl groups excluding tert-OH is 1. The lowest BCUT2D eigenvalue weighted by atomic mass is 10.2. The molecular weight excluding hydrogens is 256 g/mol. The van der Waals surface area contributed by atoms with Crippen LogP contribution in [-0.2, 0) is 9.84 Å². The van der Waals surface area contributed by atoms with E-state index in [1.54, 1.807) is 0 Å². The molecule has 18 heavy (non-hydrogen) atoms. The van der Waals surface area contributed by atoms with E-state index in [2.05, 4.69) is 4.98 Å². The Balaban J connectivity index is 2.46. The molecule has 6 nitrogen and oxygen atoms in total. The number of sulfone groups is 1. The van der Waals surface area contributed by atoms with Crippen molar-refractivity contribution >= 4 is 20.9 Å². The van der Waals surface area contributed by atoms with E-state index in [9.17, 15) is 13.5 Å². The highest BCUT2D eigenvalue weighted by atomic mass is 32.2. The van der Waals surface area contributed by atoms with E-state index >= 15 is 0 Å². The van der Waals surface area contributed by atoms with Crippen molar-refractivity contribution in [2.75, 3.05) is 12.8 Å². The number of fused-ring (bicyclic) bond motifs is 1. The normalized spacial score (nSPS) is 13.9. The van der Waals surface area contributed by atoms with Gasteiger partial charge in [0.25, 0.3) is 0 Å². The van der Waals surface area contributed by atoms with Gasteiger partial charge in [-0.05, 0) is 31.2 Å². The number of oxazole rings is 1. The van der Waals surface area contributed by atoms with Crippen LogP contribution in [0.1, 0.15) is 18.4 Å². The standard InChI is InChI=1S/C11H14N2O4S/c1-18(15,16)7-2-3-10-8(6-7)13-11(17-10)9(14)4-5-12/h2-3,6,9,14H,4-5,12H2,1H3. The maximum Gasteiger partial charge on any atom is 0.224 e. The molecule has 0 aliphatic carbocycles. The fourth-order valence-corrected chi connectivity index (χ4v) is 2.22. The lowest BCUT2D eigenvalue weighted by Gasteiger charge is -2.01. The molecule has 1 heterocycles. The summed E-state index contributed by atoms with van der Waals surface area (Å²) in [4.78, 5) is 4.24. The summed E-state index contributed by atoms with van der Waals surface area (Å²) in [5.74, 6) is 0.154. The van der Waals surface area contributed by atoms with Gasteiger partial charge in [-0.15, -0.1) is 0 Å². The number of nitrogens with two attached hydrogens (primary N) is 1. The number of nitrogens with zero attached hydrogens (tertiary/aromatic N) is 1. The van der Waals surface area contributed by atoms with Crippen LogP contribution in [0, 0.1) is 0 Å². The van der Waals surface area contributed by atoms with Crippen molar-refractivity contribution in [2.24, 2.45) is 5.73 Å². The van der Waals surface area contributed by atoms with E-state index in [1.165, 1.54) is 18.2 Å². The third kappa shape index (κ3) is 2.53. The first-order chi connectivity index (χ1) is 8.41. The van der Waals surface area contributed by atoms with Gasteiger partial charge in [-0.1, -0.05) is 0 Å². The Morgan fingerprint density at radius 2 is 2.22 bits per heavy atom. The molecule has 1 unspecified atom stereocenters. The zero-order valence-electron chi connectivity index (χ0n) is 9.83. The zero-order chi connectivity index (χ0) is 13.3. The van der Waals surface area contributed by atoms with Crippen LogP contribution in [-0.4, -0.2) is 31.3 Å². The Bertz CT molecular complexity index is 663. The van der Waals surface area contributed by atoms with E-state index < -0.39 is 15.9 Å². The van der Waals surface area contributed by atoms with Crippen molar-refractivity contribution in [2.45, 2.75) is 17.4 Å². The van der Waals surface area contributed by atoms with Gasteiger partial charge >= 0.3 is 0 Å². The summed E-state index contributed by atoms with van der Waals surface area (Å²) in [5, 5.41) is 9.70. The maximum absolute atomic E-state index is 11.4. The second-order valence-corrected chi connectivity index (χ2v) is 6.06. The first-order valence-electron chi connectivity index (χ1n) is 5.40. The second kappa shape index (κ2) is 4.68. The Morgan fingerprint density at radius 1 is 1.50 bits per heavy atom. The highest BCUT2D eigenvalue weighted by Gasteiger charge is 2.16. The van der Waals surface area contributed by atoms with Crippen molar-refractivity contribution < 1.29 is 17.9 Å². The molecule has 0 aliphatic heterocycles. The summed E-state index contributed by atoms with van der Waals surface area (Å²) >= 11 is 0. The number of hydrogen-bond acceptors (Lipinski definition) is 6. The molecule has 1 aromatic heterocycles. The minimum Gasteiger partial charge on any atom is -0.438 e. The van der Waals surface area contributed by atoms with Gasteiger partial charge < -0.3 is 15.3 Å². The SMILES string of the molecule is CS(=O)(=O)c1ccc2oc(C(O)CCN)nc2c1. The molecule has 0 fully saturated rings. The molecule has 1 atom stereocenters. The highest BCUT2D eigenvalue weighted by molar-refractivity contribution is 7.90. The van der Waals surface area contributed by atoms with Gasteiger partial charge in [0.2, 0.25) is 5.89 Å². The Labute approximate surface area is 104 Å². The number of rotatable bonds is 4. The summed E-state index contributed by atoms with van der Waals surface area (Å²) in [5.41, 5.74) is 6.18. The molecule has 0 saturated heterocycles. The van der Waals surface area contributed by atoms with E-state index in [0.717, 1.165) is 6.26 Å². The fourth-order valence-electron chi connectivity index (χ4n) is 1.58. The van der Waals surface area contributed by atoms with Gasteiger partial charge in [-0.25, -0.2) is 13.4 Å². The number of aliphatic hydroxyl groups is 1. The van der Waals surface area contributed by atoms with Crippen molar-refractivity contribution in [3.8, 4) is 0 Å². The largest absolute Gasteiger partial charge is 0.438 e. The van der Waals surface area contributed by atoms with Crippen molar-refractivity contribution in [3.63, 3.8) is 0 Å². The van der Waals surface area contributed by atoms with E-state index in [-0.39, 0.29) is 10.8 Å². The second-order valence-electron chi connectivity index (χ2n) is 4.05. The Morgan fingerprint density at radius 3 is 2.83 bits per heavy atom. The predicted octanol–water partition coefficient (Wildman–Crippen LogP) is 0.613. The summed E-state index contributed by atoms with van der Waals surface area (Å²) in [6, 6.07) is 4.39. The molecule has 0 spiro atoms. The van der Waals surface area contributed by atoms with Crippen LogP contribution >= 0.6 is 0 Å². The average Bonchev–Trinajstić information content (AvgIpc) is 2.70. The predicted molar refractivity (Wildman–Crippen MR) is 65.8 cm³/mol. The van der Waals surface area contributed by atoms with E-state index in [0.29, 0.717) is 24.1 Å². The van der Waals surface area contributed by atoms with Gasteiger partial charge in [-0.3, -0.25) is 0 Å². The Hall–Kier alpha value is -1.44. The summed E-state index contributed by atoms with van der Waals surface area (Å²) in [6.45, 7) is 0.314. The van der Waals surface area contributed by atoms with Crippen LogP contribution in [0.3, 0.4) is 0 Å². The number of hydrogen-bond donors (Lipinski definition) is 2. The van der Waals surface area contributed by atoms with Gasteiger partial charge in [-0.2, -0.15) is 0 Å². The average molecular weight is 270 g/mol. The van der Waals surface area contributed by atoms with Crippen LogP contribution in [0.25, 0.3) is 11.1 Å². The molecule has 0 radical (unpaired) electrons.